The van der Waals surface area contributed by atoms with Gasteiger partial charge in [0.1, 0.15) is 17.3 Å². The molecule has 8 nitrogen and oxygen atoms in total. The van der Waals surface area contributed by atoms with Crippen molar-refractivity contribution in [3.8, 4) is 0 Å². The highest BCUT2D eigenvalue weighted by molar-refractivity contribution is 7.91. The average Bonchev–Trinajstić information content (AvgIpc) is 3.91. The van der Waals surface area contributed by atoms with Gasteiger partial charge in [0, 0.05) is 28.2 Å². The number of ketones is 2. The number of carbonyl (C=O) groups excluding carboxylic acids is 4. The van der Waals surface area contributed by atoms with Gasteiger partial charge in [-0.3, -0.25) is 19.2 Å². The Labute approximate surface area is 330 Å². The fourth-order valence-corrected chi connectivity index (χ4v) is 12.5. The number of fused-ring (bicyclic) bond motifs is 7. The van der Waals surface area contributed by atoms with Gasteiger partial charge in [0.25, 0.3) is 11.8 Å². The van der Waals surface area contributed by atoms with Crippen LogP contribution in [-0.2, 0) is 30.4 Å². The zero-order chi connectivity index (χ0) is 38.9. The maximum Gasteiger partial charge on any atom is 0.259 e. The zero-order valence-electron chi connectivity index (χ0n) is 31.4. The van der Waals surface area contributed by atoms with Gasteiger partial charge in [0.15, 0.2) is 16.5 Å². The number of rotatable bonds is 7. The number of anilines is 2. The fourth-order valence-electron chi connectivity index (χ4n) is 10.9. The van der Waals surface area contributed by atoms with Crippen molar-refractivity contribution < 1.29 is 28.8 Å². The highest BCUT2D eigenvalue weighted by atomic mass is 35.5. The summed E-state index contributed by atoms with van der Waals surface area (Å²) < 4.78 is 12.6. The molecule has 1 saturated heterocycles. The van der Waals surface area contributed by atoms with Crippen LogP contribution in [0.4, 0.5) is 11.4 Å². The van der Waals surface area contributed by atoms with Gasteiger partial charge in [-0.1, -0.05) is 86.1 Å². The standard InChI is InChI=1S/C23H20N2O3S.C22H27ClO3/c26-22-21(16-17-29(28)20-14-8-3-9-15-20)23(27)25(19-12-6-2-7-13-19)24(22)18-10-4-1-5-11-18;1-11(24)22(26)7-5-14-12-9-18(23)17-10-19(25)13-8-16(13)21(17,3)15(12)4-6-20(14,22)2/h1-15,21H,16-17H2;9-10,12-16,26H,4-8H2,1-3H3/t;12-,13+,14-,15-,16-,20-,21-,22-/m.0/s1. The number of carbonyl (C=O) groups is 4. The number of amides is 2. The van der Waals surface area contributed by atoms with Gasteiger partial charge in [0.05, 0.1) is 11.4 Å². The Hall–Kier alpha value is -4.02. The summed E-state index contributed by atoms with van der Waals surface area (Å²) in [7, 11) is 0. The van der Waals surface area contributed by atoms with E-state index in [4.69, 9.17) is 11.6 Å². The molecule has 0 spiro atoms. The van der Waals surface area contributed by atoms with E-state index in [1.54, 1.807) is 36.4 Å². The van der Waals surface area contributed by atoms with Crippen molar-refractivity contribution in [3.05, 3.63) is 114 Å². The number of hydrazine groups is 1. The van der Waals surface area contributed by atoms with E-state index in [2.05, 4.69) is 19.9 Å². The Bertz CT molecular complexity index is 2020. The van der Waals surface area contributed by atoms with Crippen LogP contribution >= 0.6 is 11.6 Å². The quantitative estimate of drug-likeness (QED) is 0.193. The molecule has 5 aliphatic carbocycles. The molecule has 1 unspecified atom stereocenters. The summed E-state index contributed by atoms with van der Waals surface area (Å²) in [6, 6.07) is 27.3. The van der Waals surface area contributed by atoms with E-state index in [1.807, 2.05) is 60.7 Å². The van der Waals surface area contributed by atoms with Gasteiger partial charge in [-0.05, 0) is 122 Å². The second-order valence-corrected chi connectivity index (χ2v) is 18.6. The minimum atomic E-state index is -1.26. The molecule has 9 rings (SSSR count). The Morgan fingerprint density at radius 1 is 0.836 bits per heavy atom. The summed E-state index contributed by atoms with van der Waals surface area (Å²) in [6.07, 6.45) is 8.47. The Kier molecular flexibility index (Phi) is 9.76. The van der Waals surface area contributed by atoms with Crippen molar-refractivity contribution in [1.29, 1.82) is 0 Å². The van der Waals surface area contributed by atoms with Gasteiger partial charge in [-0.15, -0.1) is 0 Å². The van der Waals surface area contributed by atoms with Crippen molar-refractivity contribution in [2.45, 2.75) is 69.8 Å². The smallest absolute Gasteiger partial charge is 0.259 e. The number of aliphatic hydroxyl groups is 1. The molecule has 55 heavy (non-hydrogen) atoms. The number of allylic oxidation sites excluding steroid dienone is 4. The summed E-state index contributed by atoms with van der Waals surface area (Å²) >= 11 is 5.47. The van der Waals surface area contributed by atoms with Crippen LogP contribution in [0.2, 0.25) is 0 Å². The summed E-state index contributed by atoms with van der Waals surface area (Å²) in [5, 5.41) is 14.8. The van der Waals surface area contributed by atoms with Crippen LogP contribution in [0.3, 0.4) is 0 Å². The second-order valence-electron chi connectivity index (χ2n) is 16.6. The first-order chi connectivity index (χ1) is 26.3. The van der Waals surface area contributed by atoms with Crippen molar-refractivity contribution >= 4 is 57.5 Å². The molecule has 9 atom stereocenters. The van der Waals surface area contributed by atoms with E-state index in [0.29, 0.717) is 34.5 Å². The van der Waals surface area contributed by atoms with E-state index in [9.17, 15) is 28.8 Å². The molecule has 1 aliphatic heterocycles. The van der Waals surface area contributed by atoms with Crippen molar-refractivity contribution in [2.75, 3.05) is 15.8 Å². The summed E-state index contributed by atoms with van der Waals surface area (Å²) in [4.78, 5) is 51.7. The van der Waals surface area contributed by atoms with Crippen molar-refractivity contribution in [3.63, 3.8) is 0 Å². The van der Waals surface area contributed by atoms with Gasteiger partial charge < -0.3 is 9.66 Å². The molecule has 10 heteroatoms. The molecule has 4 fully saturated rings. The van der Waals surface area contributed by atoms with E-state index >= 15 is 0 Å². The third-order valence-electron chi connectivity index (χ3n) is 14.0. The monoisotopic (exact) mass is 778 g/mol. The lowest BCUT2D eigenvalue weighted by Crippen LogP contribution is -2.56. The summed E-state index contributed by atoms with van der Waals surface area (Å²) in [6.45, 7) is 5.97. The molecular weight excluding hydrogens is 732 g/mol. The normalized spacial score (nSPS) is 34.0. The van der Waals surface area contributed by atoms with Crippen molar-refractivity contribution in [1.82, 2.24) is 0 Å². The van der Waals surface area contributed by atoms with Gasteiger partial charge in [0.2, 0.25) is 0 Å². The van der Waals surface area contributed by atoms with E-state index < -0.39 is 22.7 Å². The molecule has 1 N–H and O–H groups in total. The highest BCUT2D eigenvalue weighted by Gasteiger charge is 2.69. The van der Waals surface area contributed by atoms with Gasteiger partial charge in [-0.2, -0.15) is 0 Å². The molecule has 0 radical (unpaired) electrons. The first-order valence-corrected chi connectivity index (χ1v) is 21.1. The molecule has 3 aromatic carbocycles. The molecule has 2 amide bonds. The lowest BCUT2D eigenvalue weighted by molar-refractivity contribution is -0.157. The number of hydrogen-bond acceptors (Lipinski definition) is 6. The number of para-hydroxylation sites is 2. The van der Waals surface area contributed by atoms with Crippen LogP contribution in [-0.4, -0.2) is 44.4 Å². The van der Waals surface area contributed by atoms with Crippen molar-refractivity contribution in [2.24, 2.45) is 46.3 Å². The minimum absolute atomic E-state index is 0.0344. The van der Waals surface area contributed by atoms with Crippen LogP contribution in [0.25, 0.3) is 0 Å². The predicted molar refractivity (Wildman–Crippen MR) is 213 cm³/mol. The SMILES string of the molecule is CC(=O)[C@@]1(O)CC[C@H]2[C@@H]3C=C(Cl)C4=CC(=O)[C@@H]5C[C@@H]5[C@]4(C)[C@H]3CC[C@@]21C.O=C1C(CC[S+]([O-])c2ccccc2)C(=O)N(c2ccccc2)N1c1ccccc1. The van der Waals surface area contributed by atoms with Crippen LogP contribution in [0.15, 0.2) is 119 Å². The molecule has 3 aromatic rings. The minimum Gasteiger partial charge on any atom is -0.611 e. The topological polar surface area (TPSA) is 118 Å². The van der Waals surface area contributed by atoms with E-state index in [-0.39, 0.29) is 64.1 Å². The fraction of sp³-hybridized carbons (Fsp3) is 0.422. The van der Waals surface area contributed by atoms with E-state index in [0.717, 1.165) is 36.3 Å². The Balaban J connectivity index is 0.000000156. The highest BCUT2D eigenvalue weighted by Crippen LogP contribution is 2.72. The maximum atomic E-state index is 13.2. The van der Waals surface area contributed by atoms with Crippen LogP contribution in [0, 0.1) is 46.3 Å². The van der Waals surface area contributed by atoms with Crippen LogP contribution in [0.5, 0.6) is 0 Å². The number of benzene rings is 3. The predicted octanol–water partition coefficient (Wildman–Crippen LogP) is 7.83. The van der Waals surface area contributed by atoms with Gasteiger partial charge in [-0.25, -0.2) is 10.0 Å². The zero-order valence-corrected chi connectivity index (χ0v) is 33.0. The molecule has 6 aliphatic rings. The lowest BCUT2D eigenvalue weighted by Gasteiger charge is -2.57. The van der Waals surface area contributed by atoms with Gasteiger partial charge >= 0.3 is 0 Å². The Morgan fingerprint density at radius 2 is 1.38 bits per heavy atom. The Morgan fingerprint density at radius 3 is 1.95 bits per heavy atom. The van der Waals surface area contributed by atoms with Crippen LogP contribution < -0.4 is 10.0 Å². The molecule has 3 saturated carbocycles. The molecular formula is C45H47ClN2O6S. The molecule has 286 valence electrons. The number of nitrogens with zero attached hydrogens (tertiary/aromatic N) is 2. The largest absolute Gasteiger partial charge is 0.611 e. The lowest BCUT2D eigenvalue weighted by atomic mass is 9.47. The second kappa shape index (κ2) is 14.2. The molecule has 1 heterocycles. The number of hydrogen-bond donors (Lipinski definition) is 1. The average molecular weight is 779 g/mol. The third-order valence-corrected chi connectivity index (χ3v) is 15.8. The van der Waals surface area contributed by atoms with Crippen LogP contribution in [0.1, 0.15) is 59.3 Å². The number of Topliss-reactive ketones (excluding diaryl/α,β-unsaturated/α-hetero) is 1. The third kappa shape index (κ3) is 6.04. The first kappa shape index (κ1) is 37.9. The summed E-state index contributed by atoms with van der Waals surface area (Å²) in [5.74, 6) is 0.574. The first-order valence-electron chi connectivity index (χ1n) is 19.4. The summed E-state index contributed by atoms with van der Waals surface area (Å²) in [5.41, 5.74) is 0.687. The van der Waals surface area contributed by atoms with E-state index in [1.165, 1.54) is 16.9 Å². The number of halogens is 1. The maximum absolute atomic E-state index is 13.2. The molecule has 0 aromatic heterocycles. The molecule has 0 bridgehead atoms.